The van der Waals surface area contributed by atoms with E-state index in [-0.39, 0.29) is 35.3 Å². The van der Waals surface area contributed by atoms with E-state index in [0.717, 1.165) is 0 Å². The van der Waals surface area contributed by atoms with Crippen molar-refractivity contribution in [2.75, 3.05) is 0 Å². The summed E-state index contributed by atoms with van der Waals surface area (Å²) in [5, 5.41) is 8.32. The van der Waals surface area contributed by atoms with Crippen LogP contribution in [0.3, 0.4) is 0 Å². The fourth-order valence-corrected chi connectivity index (χ4v) is 0.489. The van der Waals surface area contributed by atoms with Gasteiger partial charge in [0.25, 0.3) is 0 Å². The maximum absolute atomic E-state index is 10.1. The number of aromatic carboxylic acids is 1. The first-order chi connectivity index (χ1) is 4.30. The molecule has 0 atom stereocenters. The third-order valence-corrected chi connectivity index (χ3v) is 0.884. The number of rotatable bonds is 1. The first-order valence-corrected chi connectivity index (χ1v) is 2.45. The number of carboxylic acid groups (broad SMARTS) is 1. The van der Waals surface area contributed by atoms with Crippen LogP contribution in [0.2, 0.25) is 0 Å². The van der Waals surface area contributed by atoms with Gasteiger partial charge in [0.2, 0.25) is 0 Å². The number of hydrogen-bond donors (Lipinski definition) is 1. The van der Waals surface area contributed by atoms with Crippen molar-refractivity contribution in [3.8, 4) is 0 Å². The van der Waals surface area contributed by atoms with Crippen LogP contribution in [0.25, 0.3) is 0 Å². The predicted octanol–water partition coefficient (Wildman–Crippen LogP) is 0.399. The zero-order valence-electron chi connectivity index (χ0n) is 5.61. The Kier molecular flexibility index (Phi) is 4.27. The molecule has 1 aromatic heterocycles. The molecule has 0 spiro atoms. The number of carbonyl (C=O) groups is 1. The van der Waals surface area contributed by atoms with Crippen LogP contribution >= 0.6 is 0 Å². The predicted molar refractivity (Wildman–Crippen MR) is 37.0 cm³/mol. The quantitative estimate of drug-likeness (QED) is 0.583. The minimum absolute atomic E-state index is 0. The third kappa shape index (κ3) is 2.47. The number of nitrogens with zero attached hydrogens (tertiary/aromatic N) is 1. The molecule has 1 N–H and O–H groups in total. The second-order valence-electron chi connectivity index (χ2n) is 1.52. The standard InChI is InChI=1S/C6H5NO2.Na/c8-6(9)5-3-1-2-4-7-5;/h1-4H,(H,8,9);. The number of aromatic nitrogens is 1. The molecule has 0 saturated heterocycles. The van der Waals surface area contributed by atoms with Gasteiger partial charge in [0, 0.05) is 35.8 Å². The van der Waals surface area contributed by atoms with Gasteiger partial charge >= 0.3 is 5.97 Å². The minimum Gasteiger partial charge on any atom is -0.477 e. The number of pyridine rings is 1. The largest absolute Gasteiger partial charge is 0.477 e. The summed E-state index contributed by atoms with van der Waals surface area (Å²) >= 11 is 0. The van der Waals surface area contributed by atoms with Gasteiger partial charge < -0.3 is 5.11 Å². The Morgan fingerprint density at radius 3 is 2.50 bits per heavy atom. The molecular weight excluding hydrogens is 141 g/mol. The average molecular weight is 146 g/mol. The van der Waals surface area contributed by atoms with E-state index in [1.54, 1.807) is 12.1 Å². The molecular formula is C6H5NNaO2. The fourth-order valence-electron chi connectivity index (χ4n) is 0.489. The molecule has 0 fully saturated rings. The molecule has 0 aliphatic heterocycles. The van der Waals surface area contributed by atoms with Gasteiger partial charge in [0.1, 0.15) is 5.69 Å². The maximum atomic E-state index is 10.1. The Bertz CT molecular complexity index is 212. The number of carboxylic acids is 1. The Morgan fingerprint density at radius 1 is 1.50 bits per heavy atom. The molecule has 1 aromatic rings. The Balaban J connectivity index is 0.000000810. The molecule has 0 aliphatic rings. The molecule has 1 heterocycles. The van der Waals surface area contributed by atoms with Crippen LogP contribution in [0.1, 0.15) is 10.5 Å². The summed E-state index contributed by atoms with van der Waals surface area (Å²) in [5.74, 6) is -0.990. The van der Waals surface area contributed by atoms with Crippen molar-refractivity contribution in [1.82, 2.24) is 4.98 Å². The van der Waals surface area contributed by atoms with Crippen molar-refractivity contribution >= 4 is 35.5 Å². The Hall–Kier alpha value is -0.380. The summed E-state index contributed by atoms with van der Waals surface area (Å²) in [4.78, 5) is 13.7. The molecule has 3 nitrogen and oxygen atoms in total. The second kappa shape index (κ2) is 4.44. The molecule has 0 bridgehead atoms. The summed E-state index contributed by atoms with van der Waals surface area (Å²) < 4.78 is 0. The van der Waals surface area contributed by atoms with E-state index in [1.807, 2.05) is 0 Å². The van der Waals surface area contributed by atoms with E-state index in [2.05, 4.69) is 4.98 Å². The van der Waals surface area contributed by atoms with E-state index in [0.29, 0.717) is 0 Å². The zero-order chi connectivity index (χ0) is 6.69. The second-order valence-corrected chi connectivity index (χ2v) is 1.52. The summed E-state index contributed by atoms with van der Waals surface area (Å²) in [7, 11) is 0. The molecule has 4 heteroatoms. The van der Waals surface area contributed by atoms with E-state index < -0.39 is 5.97 Å². The first kappa shape index (κ1) is 9.62. The molecule has 0 amide bonds. The SMILES string of the molecule is O=C(O)c1ccccn1.[Na]. The normalized spacial score (nSPS) is 8.00. The summed E-state index contributed by atoms with van der Waals surface area (Å²) in [6, 6.07) is 4.76. The molecule has 1 rings (SSSR count). The van der Waals surface area contributed by atoms with Gasteiger partial charge in [-0.25, -0.2) is 9.78 Å². The van der Waals surface area contributed by atoms with Crippen molar-refractivity contribution in [3.05, 3.63) is 30.1 Å². The van der Waals surface area contributed by atoms with Crippen LogP contribution in [0.15, 0.2) is 24.4 Å². The molecule has 0 unspecified atom stereocenters. The molecule has 0 saturated carbocycles. The van der Waals surface area contributed by atoms with Crippen LogP contribution in [0, 0.1) is 0 Å². The molecule has 10 heavy (non-hydrogen) atoms. The van der Waals surface area contributed by atoms with Crippen molar-refractivity contribution in [3.63, 3.8) is 0 Å². The maximum Gasteiger partial charge on any atom is 0.354 e. The molecule has 0 aliphatic carbocycles. The van der Waals surface area contributed by atoms with Gasteiger partial charge in [-0.3, -0.25) is 0 Å². The van der Waals surface area contributed by atoms with E-state index >= 15 is 0 Å². The van der Waals surface area contributed by atoms with Gasteiger partial charge in [0.15, 0.2) is 0 Å². The topological polar surface area (TPSA) is 50.2 Å². The van der Waals surface area contributed by atoms with Crippen LogP contribution in [0.5, 0.6) is 0 Å². The van der Waals surface area contributed by atoms with Gasteiger partial charge in [-0.15, -0.1) is 0 Å². The summed E-state index contributed by atoms with van der Waals surface area (Å²) in [5.41, 5.74) is 0.0810. The molecule has 47 valence electrons. The van der Waals surface area contributed by atoms with E-state index in [1.165, 1.54) is 12.3 Å². The average Bonchev–Trinajstić information content (AvgIpc) is 1.90. The van der Waals surface area contributed by atoms with E-state index in [9.17, 15) is 4.79 Å². The van der Waals surface area contributed by atoms with Gasteiger partial charge in [-0.2, -0.15) is 0 Å². The van der Waals surface area contributed by atoms with Crippen molar-refractivity contribution in [2.45, 2.75) is 0 Å². The van der Waals surface area contributed by atoms with Crippen LogP contribution < -0.4 is 0 Å². The Labute approximate surface area is 80.4 Å². The van der Waals surface area contributed by atoms with Crippen LogP contribution in [0.4, 0.5) is 0 Å². The van der Waals surface area contributed by atoms with Crippen molar-refractivity contribution in [2.24, 2.45) is 0 Å². The van der Waals surface area contributed by atoms with E-state index in [4.69, 9.17) is 5.11 Å². The molecule has 1 radical (unpaired) electrons. The van der Waals surface area contributed by atoms with Crippen LogP contribution in [-0.2, 0) is 0 Å². The van der Waals surface area contributed by atoms with Gasteiger partial charge in [0.05, 0.1) is 0 Å². The third-order valence-electron chi connectivity index (χ3n) is 0.884. The van der Waals surface area contributed by atoms with Gasteiger partial charge in [-0.1, -0.05) is 6.07 Å². The summed E-state index contributed by atoms with van der Waals surface area (Å²) in [6.45, 7) is 0. The van der Waals surface area contributed by atoms with Crippen molar-refractivity contribution in [1.29, 1.82) is 0 Å². The van der Waals surface area contributed by atoms with Crippen LogP contribution in [-0.4, -0.2) is 45.6 Å². The number of hydrogen-bond acceptors (Lipinski definition) is 2. The monoisotopic (exact) mass is 146 g/mol. The first-order valence-electron chi connectivity index (χ1n) is 2.45. The molecule has 0 aromatic carbocycles. The minimum atomic E-state index is -0.990. The summed E-state index contributed by atoms with van der Waals surface area (Å²) in [6.07, 6.45) is 1.45. The zero-order valence-corrected chi connectivity index (χ0v) is 7.61. The smallest absolute Gasteiger partial charge is 0.354 e. The van der Waals surface area contributed by atoms with Crippen molar-refractivity contribution < 1.29 is 9.90 Å². The fraction of sp³-hybridized carbons (Fsp3) is 0. The van der Waals surface area contributed by atoms with Gasteiger partial charge in [-0.05, 0) is 12.1 Å². The Morgan fingerprint density at radius 2 is 2.20 bits per heavy atom.